The number of carboxylic acid groups (broad SMARTS) is 1. The Bertz CT molecular complexity index is 2270. The predicted octanol–water partition coefficient (Wildman–Crippen LogP) is 9.80. The minimum Gasteiger partial charge on any atom is -0.492 e. The minimum atomic E-state index is -5.56. The number of alkyl halides is 3. The fourth-order valence-electron chi connectivity index (χ4n) is 6.52. The average molecular weight is 866 g/mol. The Hall–Kier alpha value is -4.67. The molecule has 2 aliphatic carbocycles. The summed E-state index contributed by atoms with van der Waals surface area (Å²) in [5.41, 5.74) is -0.394. The number of anilines is 1. The number of benzene rings is 4. The Balaban J connectivity index is 1.51. The highest BCUT2D eigenvalue weighted by atomic mass is 79.9. The zero-order chi connectivity index (χ0) is 40.7. The normalized spacial score (nSPS) is 14.5. The summed E-state index contributed by atoms with van der Waals surface area (Å²) in [6.07, 6.45) is -0.513. The molecule has 4 aromatic rings. The van der Waals surface area contributed by atoms with E-state index < -0.39 is 84.7 Å². The number of carboxylic acids is 1. The molecule has 0 bridgehead atoms. The molecule has 0 heterocycles. The molecule has 1 N–H and O–H groups in total. The maximum atomic E-state index is 15.7. The number of amides is 1. The standard InChI is InChI=1S/C40H35BrF6N2O6S/c1-3-29-35(42)34(41)38(37(44)36(29)43)56(53,54)48(20-26-7-5-6-8-30(26)40(45,46)47)21-33(50)49(31-14-13-25(39(51)52)18-32(31)55-4-2)19-22-15-27(23-9-10-23)17-28(16-22)24-11-12-24/h3,5-8,13-18,23-24H,1,4,9-12,19-21H2,2H3,(H,51,52). The highest BCUT2D eigenvalue weighted by Crippen LogP contribution is 2.46. The highest BCUT2D eigenvalue weighted by molar-refractivity contribution is 9.10. The molecule has 56 heavy (non-hydrogen) atoms. The van der Waals surface area contributed by atoms with E-state index in [0.717, 1.165) is 53.8 Å². The van der Waals surface area contributed by atoms with E-state index in [1.54, 1.807) is 6.92 Å². The summed E-state index contributed by atoms with van der Waals surface area (Å²) < 4.78 is 122. The second kappa shape index (κ2) is 16.1. The van der Waals surface area contributed by atoms with Gasteiger partial charge < -0.3 is 14.7 Å². The molecule has 2 fully saturated rings. The molecule has 2 saturated carbocycles. The van der Waals surface area contributed by atoms with Gasteiger partial charge in [0.1, 0.15) is 16.5 Å². The first-order valence-electron chi connectivity index (χ1n) is 17.5. The van der Waals surface area contributed by atoms with E-state index in [0.29, 0.717) is 29.5 Å². The van der Waals surface area contributed by atoms with Crippen molar-refractivity contribution in [3.63, 3.8) is 0 Å². The van der Waals surface area contributed by atoms with Crippen LogP contribution in [0, 0.1) is 17.5 Å². The lowest BCUT2D eigenvalue weighted by Crippen LogP contribution is -2.43. The summed E-state index contributed by atoms with van der Waals surface area (Å²) in [4.78, 5) is 26.1. The maximum Gasteiger partial charge on any atom is 0.416 e. The van der Waals surface area contributed by atoms with E-state index in [1.165, 1.54) is 24.3 Å². The number of nitrogens with zero attached hydrogens (tertiary/aromatic N) is 2. The van der Waals surface area contributed by atoms with Crippen LogP contribution in [0.25, 0.3) is 6.08 Å². The number of halogens is 7. The number of sulfonamides is 1. The van der Waals surface area contributed by atoms with Crippen molar-refractivity contribution in [3.05, 3.63) is 128 Å². The Morgan fingerprint density at radius 2 is 1.55 bits per heavy atom. The van der Waals surface area contributed by atoms with E-state index in [4.69, 9.17) is 4.74 Å². The molecule has 0 atom stereocenters. The Labute approximate surface area is 327 Å². The van der Waals surface area contributed by atoms with Gasteiger partial charge in [-0.2, -0.15) is 17.5 Å². The maximum absolute atomic E-state index is 15.7. The number of aromatic carboxylic acids is 1. The molecular weight excluding hydrogens is 830 g/mol. The van der Waals surface area contributed by atoms with Gasteiger partial charge in [0.25, 0.3) is 0 Å². The molecular formula is C40H35BrF6N2O6S. The number of rotatable bonds is 15. The monoisotopic (exact) mass is 864 g/mol. The molecule has 16 heteroatoms. The smallest absolute Gasteiger partial charge is 0.416 e. The lowest BCUT2D eigenvalue weighted by Gasteiger charge is -2.30. The van der Waals surface area contributed by atoms with Crippen molar-refractivity contribution in [1.29, 1.82) is 0 Å². The number of hydrogen-bond donors (Lipinski definition) is 1. The summed E-state index contributed by atoms with van der Waals surface area (Å²) in [7, 11) is -5.56. The molecule has 296 valence electrons. The molecule has 4 aromatic carbocycles. The zero-order valence-electron chi connectivity index (χ0n) is 29.8. The number of carbonyl (C=O) groups excluding carboxylic acids is 1. The van der Waals surface area contributed by atoms with Gasteiger partial charge in [-0.3, -0.25) is 4.79 Å². The molecule has 0 unspecified atom stereocenters. The minimum absolute atomic E-state index is 0.000488. The lowest BCUT2D eigenvalue weighted by atomic mass is 9.99. The number of ether oxygens (including phenoxy) is 1. The van der Waals surface area contributed by atoms with Gasteiger partial charge in [0, 0.05) is 12.1 Å². The third kappa shape index (κ3) is 8.51. The van der Waals surface area contributed by atoms with Gasteiger partial charge in [0.2, 0.25) is 15.9 Å². The molecule has 6 rings (SSSR count). The summed E-state index contributed by atoms with van der Waals surface area (Å²) in [5, 5.41) is 9.70. The van der Waals surface area contributed by atoms with Crippen molar-refractivity contribution in [2.75, 3.05) is 18.1 Å². The Kier molecular flexibility index (Phi) is 11.8. The summed E-state index contributed by atoms with van der Waals surface area (Å²) in [6.45, 7) is 2.16. The summed E-state index contributed by atoms with van der Waals surface area (Å²) in [6, 6.07) is 13.5. The van der Waals surface area contributed by atoms with Gasteiger partial charge in [-0.05, 0) is 107 Å². The fraction of sp³-hybridized carbons (Fsp3) is 0.300. The van der Waals surface area contributed by atoms with Crippen molar-refractivity contribution in [3.8, 4) is 5.75 Å². The first-order valence-corrected chi connectivity index (χ1v) is 19.8. The average Bonchev–Trinajstić information content (AvgIpc) is 4.07. The van der Waals surface area contributed by atoms with Crippen LogP contribution < -0.4 is 9.64 Å². The van der Waals surface area contributed by atoms with E-state index >= 15 is 13.2 Å². The third-order valence-corrected chi connectivity index (χ3v) is 12.5. The van der Waals surface area contributed by atoms with Crippen LogP contribution >= 0.6 is 15.9 Å². The number of hydrogen-bond acceptors (Lipinski definition) is 5. The van der Waals surface area contributed by atoms with Crippen LogP contribution in [0.4, 0.5) is 32.0 Å². The largest absolute Gasteiger partial charge is 0.492 e. The van der Waals surface area contributed by atoms with E-state index in [-0.39, 0.29) is 34.5 Å². The second-order valence-electron chi connectivity index (χ2n) is 13.6. The topological polar surface area (TPSA) is 104 Å². The summed E-state index contributed by atoms with van der Waals surface area (Å²) >= 11 is 2.69. The van der Waals surface area contributed by atoms with Gasteiger partial charge >= 0.3 is 12.1 Å². The quantitative estimate of drug-likeness (QED) is 0.0943. The lowest BCUT2D eigenvalue weighted by molar-refractivity contribution is -0.138. The molecule has 1 amide bonds. The molecule has 0 aliphatic heterocycles. The van der Waals surface area contributed by atoms with Crippen molar-refractivity contribution < 1.29 is 54.2 Å². The first kappa shape index (κ1) is 41.0. The van der Waals surface area contributed by atoms with Crippen LogP contribution in [0.1, 0.15) is 88.2 Å². The van der Waals surface area contributed by atoms with Crippen LogP contribution in [0.5, 0.6) is 5.75 Å². The predicted molar refractivity (Wildman–Crippen MR) is 199 cm³/mol. The van der Waals surface area contributed by atoms with Crippen molar-refractivity contribution >= 4 is 49.6 Å². The second-order valence-corrected chi connectivity index (χ2v) is 16.3. The molecule has 2 aliphatic rings. The van der Waals surface area contributed by atoms with Gasteiger partial charge in [-0.1, -0.05) is 49.1 Å². The van der Waals surface area contributed by atoms with Gasteiger partial charge in [0.15, 0.2) is 11.6 Å². The van der Waals surface area contributed by atoms with Crippen molar-refractivity contribution in [2.45, 2.75) is 68.6 Å². The third-order valence-electron chi connectivity index (χ3n) is 9.61. The molecule has 0 aromatic heterocycles. The van der Waals surface area contributed by atoms with E-state index in [9.17, 15) is 36.3 Å². The molecule has 0 radical (unpaired) electrons. The molecule has 8 nitrogen and oxygen atoms in total. The van der Waals surface area contributed by atoms with E-state index in [2.05, 4.69) is 28.6 Å². The highest BCUT2D eigenvalue weighted by Gasteiger charge is 2.40. The van der Waals surface area contributed by atoms with E-state index in [1.807, 2.05) is 12.1 Å². The Morgan fingerprint density at radius 3 is 2.11 bits per heavy atom. The van der Waals surface area contributed by atoms with Gasteiger partial charge in [-0.15, -0.1) is 0 Å². The van der Waals surface area contributed by atoms with Gasteiger partial charge in [0.05, 0.1) is 41.0 Å². The van der Waals surface area contributed by atoms with Crippen LogP contribution in [-0.4, -0.2) is 42.9 Å². The zero-order valence-corrected chi connectivity index (χ0v) is 32.2. The van der Waals surface area contributed by atoms with Crippen LogP contribution in [0.3, 0.4) is 0 Å². The number of carbonyl (C=O) groups is 2. The van der Waals surface area contributed by atoms with Crippen LogP contribution in [-0.2, 0) is 34.1 Å². The summed E-state index contributed by atoms with van der Waals surface area (Å²) in [5.74, 6) is -7.37. The van der Waals surface area contributed by atoms with Gasteiger partial charge in [-0.25, -0.2) is 26.4 Å². The van der Waals surface area contributed by atoms with Crippen molar-refractivity contribution in [1.82, 2.24) is 4.31 Å². The first-order chi connectivity index (χ1) is 26.5. The van der Waals surface area contributed by atoms with Crippen molar-refractivity contribution in [2.24, 2.45) is 0 Å². The molecule has 0 saturated heterocycles. The fourth-order valence-corrected chi connectivity index (χ4v) is 9.00. The van der Waals surface area contributed by atoms with Crippen LogP contribution in [0.15, 0.2) is 76.6 Å². The SMILES string of the molecule is C=Cc1c(F)c(F)c(S(=O)(=O)N(CC(=O)N(Cc2cc(C3CC3)cc(C3CC3)c2)c2ccc(C(=O)O)cc2OCC)Cc2ccccc2C(F)(F)F)c(Br)c1F. The Morgan fingerprint density at radius 1 is 0.929 bits per heavy atom. The molecule has 0 spiro atoms. The van der Waals surface area contributed by atoms with Crippen LogP contribution in [0.2, 0.25) is 0 Å².